The maximum atomic E-state index is 9.22. The second-order valence-electron chi connectivity index (χ2n) is 4.09. The summed E-state index contributed by atoms with van der Waals surface area (Å²) in [5.74, 6) is 0.261. The first-order valence-corrected chi connectivity index (χ1v) is 5.72. The van der Waals surface area contributed by atoms with E-state index < -0.39 is 0 Å². The zero-order chi connectivity index (χ0) is 12.4. The van der Waals surface area contributed by atoms with Gasteiger partial charge in [0, 0.05) is 11.1 Å². The number of nitrogens with zero attached hydrogens (tertiary/aromatic N) is 1. The van der Waals surface area contributed by atoms with E-state index >= 15 is 0 Å². The van der Waals surface area contributed by atoms with Crippen molar-refractivity contribution in [3.05, 3.63) is 60.8 Å². The van der Waals surface area contributed by atoms with Crippen LogP contribution in [0.25, 0.3) is 10.9 Å². The summed E-state index contributed by atoms with van der Waals surface area (Å²) in [6.45, 7) is 0. The van der Waals surface area contributed by atoms with Crippen molar-refractivity contribution in [2.75, 3.05) is 5.32 Å². The van der Waals surface area contributed by atoms with Gasteiger partial charge >= 0.3 is 0 Å². The Hall–Kier alpha value is -2.55. The van der Waals surface area contributed by atoms with Gasteiger partial charge in [-0.1, -0.05) is 18.2 Å². The number of hydrogen-bond donors (Lipinski definition) is 2. The van der Waals surface area contributed by atoms with Gasteiger partial charge in [0.1, 0.15) is 5.75 Å². The van der Waals surface area contributed by atoms with Crippen molar-refractivity contribution in [1.82, 2.24) is 4.98 Å². The minimum atomic E-state index is 0.261. The number of fused-ring (bicyclic) bond motifs is 1. The summed E-state index contributed by atoms with van der Waals surface area (Å²) in [4.78, 5) is 4.38. The van der Waals surface area contributed by atoms with Crippen molar-refractivity contribution in [3.8, 4) is 5.75 Å². The molecular weight excluding hydrogens is 224 g/mol. The summed E-state index contributed by atoms with van der Waals surface area (Å²) in [6.07, 6.45) is 1.80. The van der Waals surface area contributed by atoms with E-state index in [4.69, 9.17) is 0 Å². The highest BCUT2D eigenvalue weighted by Crippen LogP contribution is 2.21. The van der Waals surface area contributed by atoms with E-state index in [1.165, 1.54) is 0 Å². The van der Waals surface area contributed by atoms with Crippen molar-refractivity contribution in [2.24, 2.45) is 0 Å². The Bertz CT molecular complexity index is 677. The molecular formula is C15H12N2O. The molecule has 18 heavy (non-hydrogen) atoms. The summed E-state index contributed by atoms with van der Waals surface area (Å²) < 4.78 is 0. The number of aromatic hydroxyl groups is 1. The highest BCUT2D eigenvalue weighted by molar-refractivity contribution is 5.82. The number of pyridine rings is 1. The van der Waals surface area contributed by atoms with E-state index in [-0.39, 0.29) is 5.75 Å². The number of aromatic nitrogens is 1. The standard InChI is InChI=1S/C15H12N2O/c18-14-7-5-12(6-8-14)17-13-9-11-3-1-2-4-15(11)16-10-13/h1-10,17-18H. The second kappa shape index (κ2) is 4.37. The quantitative estimate of drug-likeness (QED) is 0.667. The van der Waals surface area contributed by atoms with Gasteiger partial charge in [-0.3, -0.25) is 4.98 Å². The fraction of sp³-hybridized carbons (Fsp3) is 0. The molecule has 3 rings (SSSR count). The number of rotatable bonds is 2. The molecule has 3 aromatic rings. The lowest BCUT2D eigenvalue weighted by Crippen LogP contribution is -1.91. The van der Waals surface area contributed by atoms with E-state index in [0.29, 0.717) is 0 Å². The molecule has 1 aromatic heterocycles. The fourth-order valence-corrected chi connectivity index (χ4v) is 1.85. The number of para-hydroxylation sites is 1. The van der Waals surface area contributed by atoms with Crippen LogP contribution in [0.15, 0.2) is 60.8 Å². The summed E-state index contributed by atoms with van der Waals surface area (Å²) in [6, 6.07) is 17.0. The smallest absolute Gasteiger partial charge is 0.115 e. The largest absolute Gasteiger partial charge is 0.508 e. The molecule has 0 aliphatic carbocycles. The van der Waals surface area contributed by atoms with E-state index in [2.05, 4.69) is 16.4 Å². The van der Waals surface area contributed by atoms with Crippen LogP contribution >= 0.6 is 0 Å². The maximum Gasteiger partial charge on any atom is 0.115 e. The Morgan fingerprint density at radius 1 is 0.889 bits per heavy atom. The molecule has 1 heterocycles. The van der Waals surface area contributed by atoms with Gasteiger partial charge in [-0.2, -0.15) is 0 Å². The van der Waals surface area contributed by atoms with Crippen molar-refractivity contribution in [2.45, 2.75) is 0 Å². The summed E-state index contributed by atoms with van der Waals surface area (Å²) in [7, 11) is 0. The Kier molecular flexibility index (Phi) is 2.57. The van der Waals surface area contributed by atoms with E-state index in [1.54, 1.807) is 18.3 Å². The molecule has 2 aromatic carbocycles. The number of phenols is 1. The molecule has 0 saturated heterocycles. The van der Waals surface area contributed by atoms with Gasteiger partial charge in [-0.15, -0.1) is 0 Å². The molecule has 0 atom stereocenters. The van der Waals surface area contributed by atoms with E-state index in [1.807, 2.05) is 36.4 Å². The van der Waals surface area contributed by atoms with Gasteiger partial charge in [0.15, 0.2) is 0 Å². The van der Waals surface area contributed by atoms with Crippen molar-refractivity contribution in [1.29, 1.82) is 0 Å². The van der Waals surface area contributed by atoms with Crippen LogP contribution < -0.4 is 5.32 Å². The minimum absolute atomic E-state index is 0.261. The molecule has 0 fully saturated rings. The third kappa shape index (κ3) is 2.11. The van der Waals surface area contributed by atoms with Crippen LogP contribution in [-0.4, -0.2) is 10.1 Å². The van der Waals surface area contributed by atoms with Gasteiger partial charge in [0.2, 0.25) is 0 Å². The Labute approximate surface area is 105 Å². The molecule has 3 nitrogen and oxygen atoms in total. The molecule has 0 unspecified atom stereocenters. The number of anilines is 2. The highest BCUT2D eigenvalue weighted by atomic mass is 16.3. The van der Waals surface area contributed by atoms with Crippen LogP contribution in [0.2, 0.25) is 0 Å². The molecule has 0 aliphatic rings. The van der Waals surface area contributed by atoms with Gasteiger partial charge in [0.05, 0.1) is 17.4 Å². The third-order valence-corrected chi connectivity index (χ3v) is 2.75. The van der Waals surface area contributed by atoms with E-state index in [9.17, 15) is 5.11 Å². The predicted octanol–water partition coefficient (Wildman–Crippen LogP) is 3.68. The first-order valence-electron chi connectivity index (χ1n) is 5.72. The second-order valence-corrected chi connectivity index (χ2v) is 4.09. The Morgan fingerprint density at radius 2 is 1.67 bits per heavy atom. The fourth-order valence-electron chi connectivity index (χ4n) is 1.85. The van der Waals surface area contributed by atoms with Gasteiger partial charge in [0.25, 0.3) is 0 Å². The lowest BCUT2D eigenvalue weighted by Gasteiger charge is -2.07. The van der Waals surface area contributed by atoms with Crippen molar-refractivity contribution >= 4 is 22.3 Å². The molecule has 0 spiro atoms. The lowest BCUT2D eigenvalue weighted by atomic mass is 10.2. The molecule has 0 aliphatic heterocycles. The Morgan fingerprint density at radius 3 is 2.50 bits per heavy atom. The topological polar surface area (TPSA) is 45.1 Å². The molecule has 0 amide bonds. The van der Waals surface area contributed by atoms with Crippen LogP contribution in [0.1, 0.15) is 0 Å². The number of hydrogen-bond acceptors (Lipinski definition) is 3. The van der Waals surface area contributed by atoms with Gasteiger partial charge < -0.3 is 10.4 Å². The predicted molar refractivity (Wildman–Crippen MR) is 73.1 cm³/mol. The highest BCUT2D eigenvalue weighted by Gasteiger charge is 1.98. The normalized spacial score (nSPS) is 10.4. The Balaban J connectivity index is 1.92. The first-order chi connectivity index (χ1) is 8.81. The zero-order valence-corrected chi connectivity index (χ0v) is 9.67. The minimum Gasteiger partial charge on any atom is -0.508 e. The summed E-state index contributed by atoms with van der Waals surface area (Å²) in [5.41, 5.74) is 2.83. The van der Waals surface area contributed by atoms with Crippen molar-refractivity contribution in [3.63, 3.8) is 0 Å². The maximum absolute atomic E-state index is 9.22. The molecule has 88 valence electrons. The van der Waals surface area contributed by atoms with Gasteiger partial charge in [-0.25, -0.2) is 0 Å². The van der Waals surface area contributed by atoms with Crippen LogP contribution in [0.4, 0.5) is 11.4 Å². The molecule has 0 saturated carbocycles. The summed E-state index contributed by atoms with van der Waals surface area (Å²) >= 11 is 0. The summed E-state index contributed by atoms with van der Waals surface area (Å²) in [5, 5.41) is 13.6. The zero-order valence-electron chi connectivity index (χ0n) is 9.67. The van der Waals surface area contributed by atoms with Crippen LogP contribution in [-0.2, 0) is 0 Å². The van der Waals surface area contributed by atoms with Crippen LogP contribution in [0, 0.1) is 0 Å². The van der Waals surface area contributed by atoms with Gasteiger partial charge in [-0.05, 0) is 36.4 Å². The van der Waals surface area contributed by atoms with E-state index in [0.717, 1.165) is 22.3 Å². The van der Waals surface area contributed by atoms with Crippen LogP contribution in [0.3, 0.4) is 0 Å². The van der Waals surface area contributed by atoms with Crippen LogP contribution in [0.5, 0.6) is 5.75 Å². The third-order valence-electron chi connectivity index (χ3n) is 2.75. The lowest BCUT2D eigenvalue weighted by molar-refractivity contribution is 0.475. The molecule has 3 heteroatoms. The average molecular weight is 236 g/mol. The monoisotopic (exact) mass is 236 g/mol. The molecule has 2 N–H and O–H groups in total. The first kappa shape index (κ1) is 10.6. The molecule has 0 radical (unpaired) electrons. The SMILES string of the molecule is Oc1ccc(Nc2cnc3ccccc3c2)cc1. The van der Waals surface area contributed by atoms with Crippen molar-refractivity contribution < 1.29 is 5.11 Å². The average Bonchev–Trinajstić information content (AvgIpc) is 2.41. The molecule has 0 bridgehead atoms. The number of nitrogens with one attached hydrogen (secondary N) is 1. The number of benzene rings is 2. The number of phenolic OH excluding ortho intramolecular Hbond substituents is 1.